The Morgan fingerprint density at radius 2 is 1.76 bits per heavy atom. The Morgan fingerprint density at radius 3 is 2.24 bits per heavy atom. The molecule has 0 aliphatic heterocycles. The number of amides is 1. The Bertz CT molecular complexity index is 479. The van der Waals surface area contributed by atoms with Gasteiger partial charge in [-0.1, -0.05) is 23.2 Å². The molecule has 0 heterocycles. The molecule has 1 rings (SSSR count). The minimum absolute atomic E-state index is 0.168. The zero-order chi connectivity index (χ0) is 13.0. The summed E-state index contributed by atoms with van der Waals surface area (Å²) in [5, 5.41) is 10.1. The average molecular weight is 278 g/mol. The number of carboxylic acids is 1. The number of carbonyl (C=O) groups is 2. The maximum atomic E-state index is 13.0. The van der Waals surface area contributed by atoms with Crippen LogP contribution in [-0.4, -0.2) is 17.0 Å². The standard InChI is InChI=1S/C10H6Cl2FNO3/c11-6-3-5(4-7(12)10(6)13)14-8(15)1-2-9(16)17/h1-4H,(H,14,15)(H,16,17)/b2-1+. The maximum absolute atomic E-state index is 13.0. The molecule has 1 aromatic rings. The van der Waals surface area contributed by atoms with Gasteiger partial charge in [-0.2, -0.15) is 0 Å². The number of rotatable bonds is 3. The van der Waals surface area contributed by atoms with Crippen molar-refractivity contribution in [3.05, 3.63) is 40.1 Å². The molecule has 0 aliphatic rings. The lowest BCUT2D eigenvalue weighted by atomic mass is 10.3. The molecule has 2 N–H and O–H groups in total. The van der Waals surface area contributed by atoms with Gasteiger partial charge in [0.05, 0.1) is 10.0 Å². The second kappa shape index (κ2) is 5.65. The molecular formula is C10H6Cl2FNO3. The minimum Gasteiger partial charge on any atom is -0.478 e. The number of nitrogens with one attached hydrogen (secondary N) is 1. The lowest BCUT2D eigenvalue weighted by Crippen LogP contribution is -2.08. The smallest absolute Gasteiger partial charge is 0.328 e. The van der Waals surface area contributed by atoms with Gasteiger partial charge < -0.3 is 10.4 Å². The van der Waals surface area contributed by atoms with Gasteiger partial charge in [0.2, 0.25) is 5.91 Å². The van der Waals surface area contributed by atoms with Crippen LogP contribution in [0, 0.1) is 5.82 Å². The van der Waals surface area contributed by atoms with Gasteiger partial charge in [-0.25, -0.2) is 9.18 Å². The summed E-state index contributed by atoms with van der Waals surface area (Å²) >= 11 is 11.0. The molecular weight excluding hydrogens is 272 g/mol. The molecule has 4 nitrogen and oxygen atoms in total. The van der Waals surface area contributed by atoms with Gasteiger partial charge in [0, 0.05) is 17.8 Å². The summed E-state index contributed by atoms with van der Waals surface area (Å²) in [5.74, 6) is -2.73. The van der Waals surface area contributed by atoms with Crippen molar-refractivity contribution in [3.8, 4) is 0 Å². The van der Waals surface area contributed by atoms with E-state index in [1.807, 2.05) is 0 Å². The van der Waals surface area contributed by atoms with Gasteiger partial charge in [0.25, 0.3) is 0 Å². The molecule has 0 spiro atoms. The van der Waals surface area contributed by atoms with Gasteiger partial charge in [-0.3, -0.25) is 4.79 Å². The molecule has 0 aromatic heterocycles. The van der Waals surface area contributed by atoms with Crippen LogP contribution in [0.25, 0.3) is 0 Å². The van der Waals surface area contributed by atoms with Crippen molar-refractivity contribution in [2.75, 3.05) is 5.32 Å². The largest absolute Gasteiger partial charge is 0.478 e. The molecule has 1 amide bonds. The summed E-state index contributed by atoms with van der Waals surface area (Å²) in [6, 6.07) is 2.32. The van der Waals surface area contributed by atoms with Crippen LogP contribution < -0.4 is 5.32 Å². The first-order valence-electron chi connectivity index (χ1n) is 4.26. The number of benzene rings is 1. The molecule has 17 heavy (non-hydrogen) atoms. The average Bonchev–Trinajstić information content (AvgIpc) is 2.23. The Labute approximate surface area is 106 Å². The molecule has 1 aromatic carbocycles. The van der Waals surface area contributed by atoms with Gasteiger partial charge in [0.1, 0.15) is 0 Å². The Morgan fingerprint density at radius 1 is 1.24 bits per heavy atom. The number of carbonyl (C=O) groups excluding carboxylic acids is 1. The topological polar surface area (TPSA) is 66.4 Å². The van der Waals surface area contributed by atoms with Crippen molar-refractivity contribution in [3.63, 3.8) is 0 Å². The zero-order valence-corrected chi connectivity index (χ0v) is 9.72. The molecule has 0 saturated heterocycles. The van der Waals surface area contributed by atoms with E-state index in [9.17, 15) is 14.0 Å². The highest BCUT2D eigenvalue weighted by atomic mass is 35.5. The van der Waals surface area contributed by atoms with Gasteiger partial charge in [-0.15, -0.1) is 0 Å². The van der Waals surface area contributed by atoms with Crippen LogP contribution in [0.1, 0.15) is 0 Å². The van der Waals surface area contributed by atoms with Gasteiger partial charge in [0.15, 0.2) is 5.82 Å². The van der Waals surface area contributed by atoms with Crippen LogP contribution in [-0.2, 0) is 9.59 Å². The van der Waals surface area contributed by atoms with Crippen molar-refractivity contribution in [1.82, 2.24) is 0 Å². The van der Waals surface area contributed by atoms with Crippen LogP contribution in [0.3, 0.4) is 0 Å². The van der Waals surface area contributed by atoms with E-state index in [4.69, 9.17) is 28.3 Å². The Kier molecular flexibility index (Phi) is 4.48. The fraction of sp³-hybridized carbons (Fsp3) is 0. The van der Waals surface area contributed by atoms with Crippen molar-refractivity contribution in [2.24, 2.45) is 0 Å². The first kappa shape index (κ1) is 13.5. The van der Waals surface area contributed by atoms with Crippen LogP contribution in [0.15, 0.2) is 24.3 Å². The fourth-order valence-electron chi connectivity index (χ4n) is 0.959. The van der Waals surface area contributed by atoms with E-state index >= 15 is 0 Å². The number of halogens is 3. The van der Waals surface area contributed by atoms with E-state index < -0.39 is 17.7 Å². The first-order chi connectivity index (χ1) is 7.90. The summed E-state index contributed by atoms with van der Waals surface area (Å²) in [7, 11) is 0. The van der Waals surface area contributed by atoms with E-state index in [0.29, 0.717) is 6.08 Å². The minimum atomic E-state index is -1.25. The number of carboxylic acid groups (broad SMARTS) is 1. The molecule has 0 unspecified atom stereocenters. The maximum Gasteiger partial charge on any atom is 0.328 e. The van der Waals surface area contributed by atoms with Crippen molar-refractivity contribution < 1.29 is 19.1 Å². The zero-order valence-electron chi connectivity index (χ0n) is 8.21. The third-order valence-electron chi connectivity index (χ3n) is 1.63. The predicted molar refractivity (Wildman–Crippen MR) is 61.8 cm³/mol. The van der Waals surface area contributed by atoms with Crippen LogP contribution in [0.5, 0.6) is 0 Å². The monoisotopic (exact) mass is 277 g/mol. The SMILES string of the molecule is O=C(O)/C=C/C(=O)Nc1cc(Cl)c(F)c(Cl)c1. The summed E-state index contributed by atoms with van der Waals surface area (Å²) in [6.45, 7) is 0. The predicted octanol–water partition coefficient (Wildman–Crippen LogP) is 2.71. The van der Waals surface area contributed by atoms with Gasteiger partial charge >= 0.3 is 5.97 Å². The number of aliphatic carboxylic acids is 1. The third-order valence-corrected chi connectivity index (χ3v) is 2.18. The van der Waals surface area contributed by atoms with Crippen LogP contribution >= 0.6 is 23.2 Å². The molecule has 0 radical (unpaired) electrons. The molecule has 0 aliphatic carbocycles. The second-order valence-electron chi connectivity index (χ2n) is 2.91. The van der Waals surface area contributed by atoms with Crippen molar-refractivity contribution in [2.45, 2.75) is 0 Å². The molecule has 0 saturated carbocycles. The highest BCUT2D eigenvalue weighted by Gasteiger charge is 2.08. The van der Waals surface area contributed by atoms with E-state index in [1.54, 1.807) is 0 Å². The summed E-state index contributed by atoms with van der Waals surface area (Å²) < 4.78 is 13.0. The Balaban J connectivity index is 2.82. The lowest BCUT2D eigenvalue weighted by molar-refractivity contribution is -0.131. The molecule has 0 bridgehead atoms. The quantitative estimate of drug-likeness (QED) is 0.660. The number of hydrogen-bond donors (Lipinski definition) is 2. The first-order valence-corrected chi connectivity index (χ1v) is 5.02. The van der Waals surface area contributed by atoms with Crippen molar-refractivity contribution >= 4 is 40.8 Å². The highest BCUT2D eigenvalue weighted by molar-refractivity contribution is 6.35. The van der Waals surface area contributed by atoms with Gasteiger partial charge in [-0.05, 0) is 12.1 Å². The normalized spacial score (nSPS) is 10.5. The third kappa shape index (κ3) is 4.05. The highest BCUT2D eigenvalue weighted by Crippen LogP contribution is 2.27. The summed E-state index contributed by atoms with van der Waals surface area (Å²) in [4.78, 5) is 21.3. The molecule has 90 valence electrons. The second-order valence-corrected chi connectivity index (χ2v) is 3.73. The summed E-state index contributed by atoms with van der Waals surface area (Å²) in [6.07, 6.45) is 1.48. The van der Waals surface area contributed by atoms with E-state index in [1.165, 1.54) is 0 Å². The van der Waals surface area contributed by atoms with Crippen LogP contribution in [0.2, 0.25) is 10.0 Å². The summed E-state index contributed by atoms with van der Waals surface area (Å²) in [5.41, 5.74) is 0.168. The Hall–Kier alpha value is -1.59. The lowest BCUT2D eigenvalue weighted by Gasteiger charge is -2.04. The number of hydrogen-bond acceptors (Lipinski definition) is 2. The molecule has 7 heteroatoms. The van der Waals surface area contributed by atoms with E-state index in [0.717, 1.165) is 18.2 Å². The molecule has 0 atom stereocenters. The van der Waals surface area contributed by atoms with Crippen molar-refractivity contribution in [1.29, 1.82) is 0 Å². The molecule has 0 fully saturated rings. The van der Waals surface area contributed by atoms with E-state index in [2.05, 4.69) is 5.32 Å². The number of anilines is 1. The van der Waals surface area contributed by atoms with Crippen LogP contribution in [0.4, 0.5) is 10.1 Å². The van der Waals surface area contributed by atoms with E-state index in [-0.39, 0.29) is 15.7 Å². The fourth-order valence-corrected chi connectivity index (χ4v) is 1.45.